The third kappa shape index (κ3) is 4.92. The predicted molar refractivity (Wildman–Crippen MR) is 123 cm³/mol. The zero-order valence-corrected chi connectivity index (χ0v) is 18.2. The van der Waals surface area contributed by atoms with Gasteiger partial charge in [-0.2, -0.15) is 0 Å². The van der Waals surface area contributed by atoms with Crippen LogP contribution < -0.4 is 5.32 Å². The van der Waals surface area contributed by atoms with Gasteiger partial charge in [-0.15, -0.1) is 0 Å². The minimum absolute atomic E-state index is 0.124. The number of methoxy groups -OCH3 is 1. The maximum Gasteiger partial charge on any atom is 0.339 e. The van der Waals surface area contributed by atoms with Crippen molar-refractivity contribution in [2.45, 2.75) is 11.7 Å². The lowest BCUT2D eigenvalue weighted by Gasteiger charge is -2.12. The summed E-state index contributed by atoms with van der Waals surface area (Å²) in [6.07, 6.45) is 3.43. The number of amides is 1. The van der Waals surface area contributed by atoms with Gasteiger partial charge in [0.25, 0.3) is 0 Å². The Balaban J connectivity index is 1.52. The number of para-hydroxylation sites is 1. The highest BCUT2D eigenvalue weighted by atomic mass is 32.2. The molecule has 4 aromatic rings. The van der Waals surface area contributed by atoms with E-state index in [4.69, 9.17) is 9.15 Å². The quantitative estimate of drug-likeness (QED) is 0.311. The van der Waals surface area contributed by atoms with Gasteiger partial charge in [-0.05, 0) is 29.8 Å². The molecule has 4 rings (SSSR count). The van der Waals surface area contributed by atoms with Gasteiger partial charge in [-0.3, -0.25) is 4.79 Å². The molecule has 8 heteroatoms. The Morgan fingerprint density at radius 2 is 1.84 bits per heavy atom. The first kappa shape index (κ1) is 21.5. The molecule has 0 bridgehead atoms. The highest BCUT2D eigenvalue weighted by Crippen LogP contribution is 2.27. The fourth-order valence-corrected chi connectivity index (χ4v) is 4.00. The van der Waals surface area contributed by atoms with Crippen LogP contribution in [0.3, 0.4) is 0 Å². The minimum atomic E-state index is -0.505. The third-order valence-corrected chi connectivity index (χ3v) is 5.71. The molecule has 0 spiro atoms. The average Bonchev–Trinajstić information content (AvgIpc) is 3.48. The maximum absolute atomic E-state index is 12.6. The molecule has 1 N–H and O–H groups in total. The molecule has 0 saturated heterocycles. The number of carbonyl (C=O) groups excluding carboxylic acids is 2. The normalized spacial score (nSPS) is 10.7. The van der Waals surface area contributed by atoms with Crippen LogP contribution in [0, 0.1) is 0 Å². The number of imidazole rings is 1. The van der Waals surface area contributed by atoms with Crippen LogP contribution in [0.25, 0.3) is 11.3 Å². The van der Waals surface area contributed by atoms with Crippen molar-refractivity contribution < 1.29 is 18.7 Å². The van der Waals surface area contributed by atoms with Crippen LogP contribution in [0.2, 0.25) is 0 Å². The van der Waals surface area contributed by atoms with Gasteiger partial charge in [0.05, 0.1) is 48.8 Å². The van der Waals surface area contributed by atoms with E-state index in [1.54, 1.807) is 36.7 Å². The second kappa shape index (κ2) is 10.0. The molecule has 0 atom stereocenters. The van der Waals surface area contributed by atoms with Crippen molar-refractivity contribution in [3.8, 4) is 11.3 Å². The zero-order chi connectivity index (χ0) is 22.3. The number of hydrogen-bond donors (Lipinski definition) is 1. The summed E-state index contributed by atoms with van der Waals surface area (Å²) in [7, 11) is 1.31. The van der Waals surface area contributed by atoms with E-state index in [9.17, 15) is 9.59 Å². The summed E-state index contributed by atoms with van der Waals surface area (Å²) in [5.74, 6) is 0.160. The van der Waals surface area contributed by atoms with Gasteiger partial charge < -0.3 is 19.0 Å². The first-order valence-electron chi connectivity index (χ1n) is 9.89. The predicted octanol–water partition coefficient (Wildman–Crippen LogP) is 4.71. The Morgan fingerprint density at radius 3 is 2.59 bits per heavy atom. The molecule has 0 aliphatic carbocycles. The summed E-state index contributed by atoms with van der Waals surface area (Å²) in [5, 5.41) is 3.47. The van der Waals surface area contributed by atoms with Crippen molar-refractivity contribution in [1.29, 1.82) is 0 Å². The number of ether oxygens (including phenoxy) is 1. The number of benzene rings is 2. The second-order valence-corrected chi connectivity index (χ2v) is 7.77. The molecule has 1 amide bonds. The molecule has 2 heterocycles. The molecule has 0 fully saturated rings. The lowest BCUT2D eigenvalue weighted by molar-refractivity contribution is -0.113. The minimum Gasteiger partial charge on any atom is -0.467 e. The van der Waals surface area contributed by atoms with Crippen molar-refractivity contribution in [2.75, 3.05) is 18.2 Å². The van der Waals surface area contributed by atoms with Gasteiger partial charge in [0.15, 0.2) is 5.16 Å². The summed E-state index contributed by atoms with van der Waals surface area (Å²) in [6, 6.07) is 20.4. The van der Waals surface area contributed by atoms with Gasteiger partial charge in [0.2, 0.25) is 5.91 Å². The smallest absolute Gasteiger partial charge is 0.339 e. The first-order valence-corrected chi connectivity index (χ1v) is 10.9. The largest absolute Gasteiger partial charge is 0.467 e. The number of aromatic nitrogens is 2. The number of furan rings is 1. The van der Waals surface area contributed by atoms with Gasteiger partial charge in [-0.1, -0.05) is 54.2 Å². The number of nitrogens with zero attached hydrogens (tertiary/aromatic N) is 2. The molecule has 0 aliphatic rings. The fourth-order valence-electron chi connectivity index (χ4n) is 3.22. The van der Waals surface area contributed by atoms with Crippen LogP contribution in [-0.4, -0.2) is 34.3 Å². The van der Waals surface area contributed by atoms with E-state index in [2.05, 4.69) is 10.3 Å². The molecule has 0 unspecified atom stereocenters. The summed E-state index contributed by atoms with van der Waals surface area (Å²) < 4.78 is 12.3. The highest BCUT2D eigenvalue weighted by Gasteiger charge is 2.17. The molecule has 0 radical (unpaired) electrons. The fraction of sp³-hybridized carbons (Fsp3) is 0.125. The molecule has 0 aliphatic heterocycles. The molecule has 2 aromatic carbocycles. The van der Waals surface area contributed by atoms with Crippen molar-refractivity contribution in [3.63, 3.8) is 0 Å². The number of esters is 1. The van der Waals surface area contributed by atoms with Crippen LogP contribution >= 0.6 is 11.8 Å². The van der Waals surface area contributed by atoms with Crippen molar-refractivity contribution >= 4 is 29.3 Å². The number of hydrogen-bond acceptors (Lipinski definition) is 6. The maximum atomic E-state index is 12.6. The van der Waals surface area contributed by atoms with Crippen LogP contribution in [0.1, 0.15) is 16.1 Å². The topological polar surface area (TPSA) is 86.4 Å². The van der Waals surface area contributed by atoms with Crippen molar-refractivity contribution in [2.24, 2.45) is 0 Å². The van der Waals surface area contributed by atoms with Gasteiger partial charge >= 0.3 is 5.97 Å². The van der Waals surface area contributed by atoms with Crippen LogP contribution in [0.15, 0.2) is 88.8 Å². The second-order valence-electron chi connectivity index (χ2n) is 6.83. The van der Waals surface area contributed by atoms with Crippen LogP contribution in [0.5, 0.6) is 0 Å². The molecular weight excluding hydrogens is 426 g/mol. The third-order valence-electron chi connectivity index (χ3n) is 4.72. The summed E-state index contributed by atoms with van der Waals surface area (Å²) in [5.41, 5.74) is 2.67. The van der Waals surface area contributed by atoms with Crippen molar-refractivity contribution in [3.05, 3.63) is 90.5 Å². The van der Waals surface area contributed by atoms with E-state index in [-0.39, 0.29) is 11.7 Å². The van der Waals surface area contributed by atoms with Crippen LogP contribution in [-0.2, 0) is 16.1 Å². The van der Waals surface area contributed by atoms with E-state index in [1.807, 2.05) is 47.0 Å². The molecule has 0 saturated carbocycles. The van der Waals surface area contributed by atoms with E-state index in [0.29, 0.717) is 23.0 Å². The Hall–Kier alpha value is -3.78. The summed E-state index contributed by atoms with van der Waals surface area (Å²) in [6.45, 7) is 0.492. The number of nitrogens with one attached hydrogen (secondary N) is 1. The monoisotopic (exact) mass is 447 g/mol. The first-order chi connectivity index (χ1) is 15.7. The Bertz CT molecular complexity index is 1200. The number of carbonyl (C=O) groups is 2. The molecule has 162 valence electrons. The average molecular weight is 448 g/mol. The number of rotatable bonds is 8. The van der Waals surface area contributed by atoms with Crippen LogP contribution in [0.4, 0.5) is 5.69 Å². The number of thioether (sulfide) groups is 1. The summed E-state index contributed by atoms with van der Waals surface area (Å²) in [4.78, 5) is 29.1. The standard InChI is InChI=1S/C24H21N3O4S/c1-30-23(29)19-11-5-6-12-20(19)26-22(28)16-32-24-25-14-21(17-8-3-2-4-9-17)27(24)15-18-10-7-13-31-18/h2-14H,15-16H2,1H3,(H,26,28). The molecule has 7 nitrogen and oxygen atoms in total. The number of anilines is 1. The Labute approximate surface area is 189 Å². The lowest BCUT2D eigenvalue weighted by atomic mass is 10.2. The SMILES string of the molecule is COC(=O)c1ccccc1NC(=O)CSc1ncc(-c2ccccc2)n1Cc1ccco1. The summed E-state index contributed by atoms with van der Waals surface area (Å²) >= 11 is 1.31. The van der Waals surface area contributed by atoms with E-state index >= 15 is 0 Å². The molecule has 32 heavy (non-hydrogen) atoms. The van der Waals surface area contributed by atoms with E-state index in [1.165, 1.54) is 18.9 Å². The lowest BCUT2D eigenvalue weighted by Crippen LogP contribution is -2.17. The Morgan fingerprint density at radius 1 is 1.06 bits per heavy atom. The Kier molecular flexibility index (Phi) is 6.72. The van der Waals surface area contributed by atoms with Gasteiger partial charge in [-0.25, -0.2) is 9.78 Å². The van der Waals surface area contributed by atoms with Gasteiger partial charge in [0.1, 0.15) is 5.76 Å². The highest BCUT2D eigenvalue weighted by molar-refractivity contribution is 7.99. The van der Waals surface area contributed by atoms with E-state index in [0.717, 1.165) is 17.0 Å². The van der Waals surface area contributed by atoms with E-state index < -0.39 is 5.97 Å². The van der Waals surface area contributed by atoms with Crippen molar-refractivity contribution in [1.82, 2.24) is 9.55 Å². The molecular formula is C24H21N3O4S. The zero-order valence-electron chi connectivity index (χ0n) is 17.4. The van der Waals surface area contributed by atoms with Gasteiger partial charge in [0, 0.05) is 0 Å². The molecule has 2 aromatic heterocycles.